The van der Waals surface area contributed by atoms with Crippen LogP contribution in [-0.4, -0.2) is 74.4 Å². The van der Waals surface area contributed by atoms with E-state index in [0.717, 1.165) is 11.3 Å². The van der Waals surface area contributed by atoms with Gasteiger partial charge in [-0.15, -0.1) is 0 Å². The number of hydrogen-bond donors (Lipinski definition) is 1. The maximum Gasteiger partial charge on any atom is 0.273 e. The van der Waals surface area contributed by atoms with Crippen LogP contribution in [0.2, 0.25) is 0 Å². The number of pyridine rings is 2. The van der Waals surface area contributed by atoms with Gasteiger partial charge in [-0.2, -0.15) is 0 Å². The third-order valence-electron chi connectivity index (χ3n) is 5.99. The Morgan fingerprint density at radius 2 is 1.80 bits per heavy atom. The monoisotopic (exact) mass is 481 g/mol. The van der Waals surface area contributed by atoms with Crippen molar-refractivity contribution in [3.63, 3.8) is 0 Å². The molecule has 0 spiro atoms. The molecule has 1 aliphatic rings. The Balaban J connectivity index is 1.57. The van der Waals surface area contributed by atoms with Crippen molar-refractivity contribution in [1.82, 2.24) is 14.9 Å². The van der Waals surface area contributed by atoms with Crippen molar-refractivity contribution in [2.24, 2.45) is 0 Å². The summed E-state index contributed by atoms with van der Waals surface area (Å²) >= 11 is 0. The molecular formula is C25H28FN5O4. The first kappa shape index (κ1) is 24.2. The molecule has 1 saturated heterocycles. The number of halogens is 1. The minimum absolute atomic E-state index is 0.224. The van der Waals surface area contributed by atoms with Crippen LogP contribution in [0.3, 0.4) is 0 Å². The molecule has 3 heterocycles. The number of nitrogen functional groups attached to an aromatic ring is 1. The summed E-state index contributed by atoms with van der Waals surface area (Å²) in [4.78, 5) is 25.9. The molecule has 0 unspecified atom stereocenters. The lowest BCUT2D eigenvalue weighted by Crippen LogP contribution is -2.57. The van der Waals surface area contributed by atoms with Crippen molar-refractivity contribution in [2.45, 2.75) is 6.04 Å². The lowest BCUT2D eigenvalue weighted by atomic mass is 10.1. The molecule has 184 valence electrons. The van der Waals surface area contributed by atoms with Gasteiger partial charge in [-0.3, -0.25) is 9.78 Å². The van der Waals surface area contributed by atoms with Gasteiger partial charge in [-0.1, -0.05) is 12.1 Å². The van der Waals surface area contributed by atoms with Crippen LogP contribution in [0.15, 0.2) is 48.8 Å². The fourth-order valence-electron chi connectivity index (χ4n) is 4.24. The largest absolute Gasteiger partial charge is 0.496 e. The maximum atomic E-state index is 13.5. The number of carbonyl (C=O) groups is 1. The first-order chi connectivity index (χ1) is 16.9. The number of piperazine rings is 1. The van der Waals surface area contributed by atoms with Crippen molar-refractivity contribution in [2.75, 3.05) is 58.2 Å². The molecule has 35 heavy (non-hydrogen) atoms. The molecule has 0 bridgehead atoms. The summed E-state index contributed by atoms with van der Waals surface area (Å²) in [5.41, 5.74) is 8.27. The lowest BCUT2D eigenvalue weighted by molar-refractivity contribution is 0.0494. The third kappa shape index (κ3) is 5.12. The van der Waals surface area contributed by atoms with Gasteiger partial charge in [-0.05, 0) is 17.7 Å². The second-order valence-corrected chi connectivity index (χ2v) is 8.11. The summed E-state index contributed by atoms with van der Waals surface area (Å²) in [6.07, 6.45) is 3.25. The van der Waals surface area contributed by atoms with E-state index in [-0.39, 0.29) is 23.5 Å². The maximum absolute atomic E-state index is 13.5. The standard InChI is InChI=1S/C25H28FN5O4/c1-33-15-18-14-30(21-13-29-24(27)11-23(21)35-3)8-9-31(18)25(32)20-10-22(34-2)19(12-28-20)16-4-6-17(26)7-5-16/h4-7,10-13,18H,8-9,14-15H2,1-3H3,(H2,27,29)/t18-/m1/s1. The van der Waals surface area contributed by atoms with Gasteiger partial charge in [0.15, 0.2) is 0 Å². The molecule has 0 saturated carbocycles. The molecule has 0 radical (unpaired) electrons. The minimum atomic E-state index is -0.330. The highest BCUT2D eigenvalue weighted by Gasteiger charge is 2.33. The smallest absolute Gasteiger partial charge is 0.273 e. The second kappa shape index (κ2) is 10.6. The molecule has 3 aromatic rings. The molecule has 1 fully saturated rings. The molecule has 1 amide bonds. The Hall–Kier alpha value is -3.92. The number of methoxy groups -OCH3 is 3. The Labute approximate surface area is 203 Å². The number of amides is 1. The number of nitrogens with zero attached hydrogens (tertiary/aromatic N) is 4. The summed E-state index contributed by atoms with van der Waals surface area (Å²) in [7, 11) is 4.71. The lowest BCUT2D eigenvalue weighted by Gasteiger charge is -2.42. The zero-order chi connectivity index (χ0) is 24.9. The zero-order valence-electron chi connectivity index (χ0n) is 19.9. The van der Waals surface area contributed by atoms with Crippen LogP contribution in [-0.2, 0) is 4.74 Å². The second-order valence-electron chi connectivity index (χ2n) is 8.11. The van der Waals surface area contributed by atoms with Crippen LogP contribution in [0.1, 0.15) is 10.5 Å². The van der Waals surface area contributed by atoms with Crippen LogP contribution >= 0.6 is 0 Å². The van der Waals surface area contributed by atoms with E-state index in [0.29, 0.717) is 49.1 Å². The van der Waals surface area contributed by atoms with Gasteiger partial charge in [0.1, 0.15) is 28.8 Å². The number of nitrogens with two attached hydrogens (primary N) is 1. The van der Waals surface area contributed by atoms with E-state index in [1.807, 2.05) is 0 Å². The highest BCUT2D eigenvalue weighted by Crippen LogP contribution is 2.32. The van der Waals surface area contributed by atoms with Crippen LogP contribution in [0.5, 0.6) is 11.5 Å². The van der Waals surface area contributed by atoms with Crippen molar-refractivity contribution < 1.29 is 23.4 Å². The van der Waals surface area contributed by atoms with E-state index in [1.54, 1.807) is 55.8 Å². The van der Waals surface area contributed by atoms with Gasteiger partial charge in [-0.25, -0.2) is 9.37 Å². The third-order valence-corrected chi connectivity index (χ3v) is 5.99. The molecular weight excluding hydrogens is 453 g/mol. The summed E-state index contributed by atoms with van der Waals surface area (Å²) in [5, 5.41) is 0. The molecule has 1 atom stereocenters. The molecule has 0 aliphatic carbocycles. The minimum Gasteiger partial charge on any atom is -0.496 e. The molecule has 2 N–H and O–H groups in total. The van der Waals surface area contributed by atoms with Crippen molar-refractivity contribution >= 4 is 17.4 Å². The van der Waals surface area contributed by atoms with E-state index in [9.17, 15) is 9.18 Å². The first-order valence-corrected chi connectivity index (χ1v) is 11.1. The van der Waals surface area contributed by atoms with E-state index in [4.69, 9.17) is 19.9 Å². The average Bonchev–Trinajstić information content (AvgIpc) is 2.88. The van der Waals surface area contributed by atoms with Crippen molar-refractivity contribution in [1.29, 1.82) is 0 Å². The predicted octanol–water partition coefficient (Wildman–Crippen LogP) is 2.86. The number of anilines is 2. The normalized spacial score (nSPS) is 15.7. The number of rotatable bonds is 7. The van der Waals surface area contributed by atoms with Crippen LogP contribution in [0.25, 0.3) is 11.1 Å². The van der Waals surface area contributed by atoms with Gasteiger partial charge in [0.2, 0.25) is 0 Å². The fourth-order valence-corrected chi connectivity index (χ4v) is 4.24. The number of carbonyl (C=O) groups excluding carboxylic acids is 1. The molecule has 4 rings (SSSR count). The van der Waals surface area contributed by atoms with Crippen LogP contribution in [0.4, 0.5) is 15.9 Å². The van der Waals surface area contributed by atoms with Gasteiger partial charge in [0, 0.05) is 50.6 Å². The van der Waals surface area contributed by atoms with Gasteiger partial charge in [0.05, 0.1) is 38.8 Å². The molecule has 2 aromatic heterocycles. The topological polar surface area (TPSA) is 103 Å². The highest BCUT2D eigenvalue weighted by atomic mass is 19.1. The highest BCUT2D eigenvalue weighted by molar-refractivity contribution is 5.94. The SMILES string of the molecule is COC[C@H]1CN(c2cnc(N)cc2OC)CCN1C(=O)c1cc(OC)c(-c2ccc(F)cc2)cn1. The molecule has 1 aliphatic heterocycles. The number of aromatic nitrogens is 2. The van der Waals surface area contributed by atoms with E-state index in [2.05, 4.69) is 14.9 Å². The van der Waals surface area contributed by atoms with Crippen LogP contribution in [0, 0.1) is 5.82 Å². The van der Waals surface area contributed by atoms with Gasteiger partial charge in [0.25, 0.3) is 5.91 Å². The Morgan fingerprint density at radius 3 is 2.49 bits per heavy atom. The van der Waals surface area contributed by atoms with Gasteiger partial charge >= 0.3 is 0 Å². The van der Waals surface area contributed by atoms with Crippen molar-refractivity contribution in [3.8, 4) is 22.6 Å². The van der Waals surface area contributed by atoms with E-state index >= 15 is 0 Å². The van der Waals surface area contributed by atoms with Crippen LogP contribution < -0.4 is 20.1 Å². The summed E-state index contributed by atoms with van der Waals surface area (Å²) < 4.78 is 29.8. The summed E-state index contributed by atoms with van der Waals surface area (Å²) in [6, 6.07) is 9.09. The Bertz CT molecular complexity index is 1190. The Kier molecular flexibility index (Phi) is 7.31. The van der Waals surface area contributed by atoms with Crippen molar-refractivity contribution in [3.05, 3.63) is 60.3 Å². The average molecular weight is 482 g/mol. The Morgan fingerprint density at radius 1 is 1.06 bits per heavy atom. The predicted molar refractivity (Wildman–Crippen MR) is 130 cm³/mol. The number of ether oxygens (including phenoxy) is 3. The number of benzene rings is 1. The summed E-state index contributed by atoms with van der Waals surface area (Å²) in [5.74, 6) is 0.920. The summed E-state index contributed by atoms with van der Waals surface area (Å²) in [6.45, 7) is 1.88. The first-order valence-electron chi connectivity index (χ1n) is 11.1. The fraction of sp³-hybridized carbons (Fsp3) is 0.320. The quantitative estimate of drug-likeness (QED) is 0.550. The zero-order valence-corrected chi connectivity index (χ0v) is 19.9. The molecule has 10 heteroatoms. The molecule has 9 nitrogen and oxygen atoms in total. The van der Waals surface area contributed by atoms with E-state index in [1.165, 1.54) is 19.2 Å². The molecule has 1 aromatic carbocycles. The number of hydrogen-bond acceptors (Lipinski definition) is 8. The van der Waals surface area contributed by atoms with E-state index < -0.39 is 0 Å². The van der Waals surface area contributed by atoms with Gasteiger partial charge < -0.3 is 29.7 Å².